The molecule has 1 heterocycles. The lowest BCUT2D eigenvalue weighted by Crippen LogP contribution is -2.53. The van der Waals surface area contributed by atoms with Crippen LogP contribution < -0.4 is 5.32 Å². The molecule has 200 valence electrons. The van der Waals surface area contributed by atoms with Crippen molar-refractivity contribution in [1.29, 1.82) is 0 Å². The molecular weight excluding hydrogens is 490 g/mol. The largest absolute Gasteiger partial charge is 0.465 e. The quantitative estimate of drug-likeness (QED) is 0.448. The van der Waals surface area contributed by atoms with Crippen molar-refractivity contribution in [1.82, 2.24) is 15.1 Å². The minimum absolute atomic E-state index is 0.0612. The van der Waals surface area contributed by atoms with Crippen molar-refractivity contribution in [2.24, 2.45) is 5.92 Å². The normalized spacial score (nSPS) is 17.8. The van der Waals surface area contributed by atoms with Gasteiger partial charge in [-0.1, -0.05) is 55.1 Å². The highest BCUT2D eigenvalue weighted by atomic mass is 35.5. The van der Waals surface area contributed by atoms with Gasteiger partial charge < -0.3 is 19.7 Å². The van der Waals surface area contributed by atoms with Crippen LogP contribution in [0.2, 0.25) is 5.02 Å². The van der Waals surface area contributed by atoms with E-state index in [1.807, 2.05) is 41.3 Å². The van der Waals surface area contributed by atoms with E-state index in [4.69, 9.17) is 21.1 Å². The Morgan fingerprint density at radius 3 is 2.30 bits per heavy atom. The van der Waals surface area contributed by atoms with Crippen LogP contribution in [0.3, 0.4) is 0 Å². The molecule has 2 aromatic carbocycles. The first kappa shape index (κ1) is 27.4. The number of esters is 1. The van der Waals surface area contributed by atoms with Gasteiger partial charge in [-0.25, -0.2) is 9.59 Å². The maximum Gasteiger partial charge on any atom is 0.337 e. The standard InChI is InChI=1S/C29H38ClN3O4/c1-36-28(34)25-9-7-23(8-10-25)21-37-27(24-11-13-26(30)14-12-24)20-32-15-17-33(18-16-32)29(35)31-19-22-5-3-2-4-6-22/h7-14,22,27H,2-6,15-21H2,1H3,(H,31,35)/t27-/m0/s1. The summed E-state index contributed by atoms with van der Waals surface area (Å²) in [5.41, 5.74) is 2.55. The van der Waals surface area contributed by atoms with Crippen LogP contribution in [0, 0.1) is 5.92 Å². The van der Waals surface area contributed by atoms with Crippen molar-refractivity contribution in [2.75, 3.05) is 46.4 Å². The third-order valence-electron chi connectivity index (χ3n) is 7.42. The molecule has 0 bridgehead atoms. The number of hydrogen-bond donors (Lipinski definition) is 1. The van der Waals surface area contributed by atoms with Crippen molar-refractivity contribution >= 4 is 23.6 Å². The van der Waals surface area contributed by atoms with Gasteiger partial charge in [-0.2, -0.15) is 0 Å². The number of rotatable bonds is 9. The summed E-state index contributed by atoms with van der Waals surface area (Å²) in [5.74, 6) is 0.279. The molecular formula is C29H38ClN3O4. The van der Waals surface area contributed by atoms with Crippen molar-refractivity contribution in [2.45, 2.75) is 44.8 Å². The molecule has 2 aromatic rings. The van der Waals surface area contributed by atoms with Gasteiger partial charge in [-0.15, -0.1) is 0 Å². The second-order valence-electron chi connectivity index (χ2n) is 10.0. The highest BCUT2D eigenvalue weighted by molar-refractivity contribution is 6.30. The molecule has 4 rings (SSSR count). The molecule has 2 aliphatic rings. The first-order valence-electron chi connectivity index (χ1n) is 13.3. The number of piperazine rings is 1. The lowest BCUT2D eigenvalue weighted by Gasteiger charge is -2.36. The lowest BCUT2D eigenvalue weighted by molar-refractivity contribution is 0.00552. The molecule has 1 aliphatic carbocycles. The van der Waals surface area contributed by atoms with E-state index in [-0.39, 0.29) is 18.1 Å². The van der Waals surface area contributed by atoms with Crippen molar-refractivity contribution in [3.05, 3.63) is 70.2 Å². The third kappa shape index (κ3) is 8.19. The van der Waals surface area contributed by atoms with Crippen LogP contribution >= 0.6 is 11.6 Å². The van der Waals surface area contributed by atoms with E-state index in [2.05, 4.69) is 10.2 Å². The Balaban J connectivity index is 1.29. The highest BCUT2D eigenvalue weighted by Crippen LogP contribution is 2.24. The first-order chi connectivity index (χ1) is 18.0. The number of carbonyl (C=O) groups excluding carboxylic acids is 2. The number of hydrogen-bond acceptors (Lipinski definition) is 5. The average Bonchev–Trinajstić information content (AvgIpc) is 2.95. The van der Waals surface area contributed by atoms with E-state index in [0.717, 1.165) is 37.3 Å². The fourth-order valence-corrected chi connectivity index (χ4v) is 5.21. The molecule has 0 unspecified atom stereocenters. The third-order valence-corrected chi connectivity index (χ3v) is 7.67. The summed E-state index contributed by atoms with van der Waals surface area (Å²) in [7, 11) is 1.37. The molecule has 0 spiro atoms. The number of ether oxygens (including phenoxy) is 2. The van der Waals surface area contributed by atoms with E-state index in [1.54, 1.807) is 12.1 Å². The maximum absolute atomic E-state index is 12.7. The van der Waals surface area contributed by atoms with Gasteiger partial charge in [-0.05, 0) is 54.2 Å². The second-order valence-corrected chi connectivity index (χ2v) is 10.5. The van der Waals surface area contributed by atoms with Gasteiger partial charge in [0.1, 0.15) is 0 Å². The van der Waals surface area contributed by atoms with E-state index < -0.39 is 0 Å². The van der Waals surface area contributed by atoms with Crippen LogP contribution in [0.15, 0.2) is 48.5 Å². The molecule has 2 amide bonds. The lowest BCUT2D eigenvalue weighted by atomic mass is 9.89. The zero-order chi connectivity index (χ0) is 26.0. The van der Waals surface area contributed by atoms with Crippen LogP contribution in [0.1, 0.15) is 59.7 Å². The van der Waals surface area contributed by atoms with E-state index in [0.29, 0.717) is 36.2 Å². The Labute approximate surface area is 225 Å². The highest BCUT2D eigenvalue weighted by Gasteiger charge is 2.25. The molecule has 1 saturated carbocycles. The minimum Gasteiger partial charge on any atom is -0.465 e. The maximum atomic E-state index is 12.7. The SMILES string of the molecule is COC(=O)c1ccc(CO[C@@H](CN2CCN(C(=O)NCC3CCCCC3)CC2)c2ccc(Cl)cc2)cc1. The molecule has 7 nitrogen and oxygen atoms in total. The number of carbonyl (C=O) groups is 2. The van der Waals surface area contributed by atoms with Gasteiger partial charge >= 0.3 is 12.0 Å². The minimum atomic E-state index is -0.353. The van der Waals surface area contributed by atoms with Gasteiger partial charge in [0.05, 0.1) is 25.4 Å². The molecule has 1 saturated heterocycles. The van der Waals surface area contributed by atoms with Crippen molar-refractivity contribution in [3.63, 3.8) is 0 Å². The van der Waals surface area contributed by atoms with Gasteiger partial charge in [0.2, 0.25) is 0 Å². The van der Waals surface area contributed by atoms with Crippen molar-refractivity contribution in [3.8, 4) is 0 Å². The Hall–Kier alpha value is -2.61. The summed E-state index contributed by atoms with van der Waals surface area (Å²) >= 11 is 6.12. The number of methoxy groups -OCH3 is 1. The zero-order valence-electron chi connectivity index (χ0n) is 21.7. The van der Waals surface area contributed by atoms with Gasteiger partial charge in [0.15, 0.2) is 0 Å². The summed E-state index contributed by atoms with van der Waals surface area (Å²) in [5, 5.41) is 3.85. The van der Waals surface area contributed by atoms with Gasteiger partial charge in [0, 0.05) is 44.3 Å². The topological polar surface area (TPSA) is 71.1 Å². The fraction of sp³-hybridized carbons (Fsp3) is 0.517. The number of halogens is 1. The Morgan fingerprint density at radius 2 is 1.65 bits per heavy atom. The number of benzene rings is 2. The fourth-order valence-electron chi connectivity index (χ4n) is 5.09. The molecule has 0 radical (unpaired) electrons. The molecule has 1 N–H and O–H groups in total. The Kier molecular flexibility index (Phi) is 10.2. The van der Waals surface area contributed by atoms with Crippen LogP contribution in [-0.4, -0.2) is 68.2 Å². The molecule has 1 aliphatic heterocycles. The summed E-state index contributed by atoms with van der Waals surface area (Å²) < 4.78 is 11.1. The predicted molar refractivity (Wildman–Crippen MR) is 145 cm³/mol. The average molecular weight is 528 g/mol. The van der Waals surface area contributed by atoms with E-state index >= 15 is 0 Å². The Morgan fingerprint density at radius 1 is 0.973 bits per heavy atom. The van der Waals surface area contributed by atoms with Crippen LogP contribution in [-0.2, 0) is 16.1 Å². The smallest absolute Gasteiger partial charge is 0.337 e. The summed E-state index contributed by atoms with van der Waals surface area (Å²) in [6.45, 7) is 4.96. The molecule has 2 fully saturated rings. The number of nitrogens with zero attached hydrogens (tertiary/aromatic N) is 2. The molecule has 8 heteroatoms. The second kappa shape index (κ2) is 13.8. The van der Waals surface area contributed by atoms with Crippen LogP contribution in [0.4, 0.5) is 4.79 Å². The predicted octanol–water partition coefficient (Wildman–Crippen LogP) is 5.29. The van der Waals surface area contributed by atoms with E-state index in [1.165, 1.54) is 39.2 Å². The van der Waals surface area contributed by atoms with Gasteiger partial charge in [-0.3, -0.25) is 4.90 Å². The molecule has 37 heavy (non-hydrogen) atoms. The first-order valence-corrected chi connectivity index (χ1v) is 13.7. The molecule has 1 atom stereocenters. The zero-order valence-corrected chi connectivity index (χ0v) is 22.4. The molecule has 0 aromatic heterocycles. The van der Waals surface area contributed by atoms with Gasteiger partial charge in [0.25, 0.3) is 0 Å². The van der Waals surface area contributed by atoms with Crippen molar-refractivity contribution < 1.29 is 19.1 Å². The summed E-state index contributed by atoms with van der Waals surface area (Å²) in [6.07, 6.45) is 6.22. The number of nitrogens with one attached hydrogen (secondary N) is 1. The van der Waals surface area contributed by atoms with E-state index in [9.17, 15) is 9.59 Å². The summed E-state index contributed by atoms with van der Waals surface area (Å²) in [6, 6.07) is 15.1. The number of amides is 2. The van der Waals surface area contributed by atoms with Crippen LogP contribution in [0.25, 0.3) is 0 Å². The number of urea groups is 1. The monoisotopic (exact) mass is 527 g/mol. The Bertz CT molecular complexity index is 1000. The van der Waals surface area contributed by atoms with Crippen LogP contribution in [0.5, 0.6) is 0 Å². The summed E-state index contributed by atoms with van der Waals surface area (Å²) in [4.78, 5) is 28.7.